The van der Waals surface area contributed by atoms with Crippen LogP contribution in [0.5, 0.6) is 0 Å². The summed E-state index contributed by atoms with van der Waals surface area (Å²) in [6.45, 7) is 4.30. The Bertz CT molecular complexity index is 740. The Kier molecular flexibility index (Phi) is 6.86. The molecular weight excluding hydrogens is 433 g/mol. The van der Waals surface area contributed by atoms with Crippen molar-refractivity contribution in [2.24, 2.45) is 0 Å². The number of halogens is 1. The molecule has 1 heterocycles. The van der Waals surface area contributed by atoms with Crippen LogP contribution in [0.1, 0.15) is 30.9 Å². The van der Waals surface area contributed by atoms with Gasteiger partial charge in [-0.2, -0.15) is 0 Å². The van der Waals surface area contributed by atoms with Gasteiger partial charge in [0.1, 0.15) is 5.82 Å². The molecule has 0 saturated heterocycles. The summed E-state index contributed by atoms with van der Waals surface area (Å²) in [6.07, 6.45) is 4.93. The van der Waals surface area contributed by atoms with Gasteiger partial charge in [0, 0.05) is 15.8 Å². The van der Waals surface area contributed by atoms with Gasteiger partial charge in [-0.15, -0.1) is 0 Å². The fourth-order valence-electron chi connectivity index (χ4n) is 1.91. The molecule has 1 aromatic carbocycles. The van der Waals surface area contributed by atoms with E-state index in [0.717, 1.165) is 9.13 Å². The van der Waals surface area contributed by atoms with Crippen molar-refractivity contribution in [3.8, 4) is 0 Å². The average Bonchev–Trinajstić information content (AvgIpc) is 2.55. The number of rotatable bonds is 4. The standard InChI is InChI=1S/C18H18IN3OS/c1-12(2)14-6-3-13(4-7-14)5-10-17(23)22-18(24)21-16-9-8-15(19)11-20-16/h3-12H,1-2H3,(H2,20,21,22,23,24)/b10-5-. The molecule has 0 saturated carbocycles. The molecule has 0 fully saturated rings. The van der Waals surface area contributed by atoms with E-state index in [2.05, 4.69) is 64.2 Å². The Morgan fingerprint density at radius 3 is 2.50 bits per heavy atom. The lowest BCUT2D eigenvalue weighted by molar-refractivity contribution is -0.115. The Labute approximate surface area is 160 Å². The number of nitrogens with zero attached hydrogens (tertiary/aromatic N) is 1. The molecule has 2 N–H and O–H groups in total. The molecule has 2 rings (SSSR count). The highest BCUT2D eigenvalue weighted by Crippen LogP contribution is 2.15. The summed E-state index contributed by atoms with van der Waals surface area (Å²) >= 11 is 7.27. The number of anilines is 1. The van der Waals surface area contributed by atoms with Crippen LogP contribution >= 0.6 is 34.8 Å². The van der Waals surface area contributed by atoms with E-state index in [-0.39, 0.29) is 11.0 Å². The minimum atomic E-state index is -0.286. The van der Waals surface area contributed by atoms with Crippen molar-refractivity contribution >= 4 is 57.7 Å². The van der Waals surface area contributed by atoms with Gasteiger partial charge >= 0.3 is 0 Å². The zero-order chi connectivity index (χ0) is 17.5. The van der Waals surface area contributed by atoms with E-state index in [1.54, 1.807) is 18.3 Å². The van der Waals surface area contributed by atoms with Crippen molar-refractivity contribution in [3.63, 3.8) is 0 Å². The van der Waals surface area contributed by atoms with Crippen LogP contribution < -0.4 is 10.6 Å². The van der Waals surface area contributed by atoms with Crippen molar-refractivity contribution in [2.75, 3.05) is 5.32 Å². The van der Waals surface area contributed by atoms with Crippen LogP contribution in [0.15, 0.2) is 48.7 Å². The van der Waals surface area contributed by atoms with Crippen LogP contribution in [0, 0.1) is 3.57 Å². The molecule has 1 aromatic heterocycles. The van der Waals surface area contributed by atoms with Crippen molar-refractivity contribution in [2.45, 2.75) is 19.8 Å². The van der Waals surface area contributed by atoms with Crippen LogP contribution in [0.25, 0.3) is 6.08 Å². The van der Waals surface area contributed by atoms with Gasteiger partial charge in [-0.05, 0) is 70.1 Å². The molecule has 0 aliphatic heterocycles. The summed E-state index contributed by atoms with van der Waals surface area (Å²) in [4.78, 5) is 16.1. The lowest BCUT2D eigenvalue weighted by Gasteiger charge is -2.07. The number of carbonyl (C=O) groups excluding carboxylic acids is 1. The Morgan fingerprint density at radius 2 is 1.92 bits per heavy atom. The van der Waals surface area contributed by atoms with Crippen molar-refractivity contribution < 1.29 is 4.79 Å². The number of thiocarbonyl (C=S) groups is 1. The molecule has 0 radical (unpaired) electrons. The Hall–Kier alpha value is -1.80. The molecule has 0 atom stereocenters. The third-order valence-corrected chi connectivity index (χ3v) is 4.08. The zero-order valence-corrected chi connectivity index (χ0v) is 16.4. The van der Waals surface area contributed by atoms with Crippen molar-refractivity contribution in [3.05, 3.63) is 63.4 Å². The Balaban J connectivity index is 1.87. The van der Waals surface area contributed by atoms with Gasteiger partial charge in [0.2, 0.25) is 5.91 Å². The zero-order valence-electron chi connectivity index (χ0n) is 13.4. The summed E-state index contributed by atoms with van der Waals surface area (Å²) in [6, 6.07) is 11.8. The van der Waals surface area contributed by atoms with Gasteiger partial charge in [-0.3, -0.25) is 10.1 Å². The quantitative estimate of drug-likeness (QED) is 0.413. The SMILES string of the molecule is CC(C)c1ccc(/C=C\C(=O)NC(=S)Nc2ccc(I)cn2)cc1. The number of amides is 1. The molecular formula is C18H18IN3OS. The van der Waals surface area contributed by atoms with E-state index >= 15 is 0 Å². The van der Waals surface area contributed by atoms with Crippen LogP contribution in [-0.4, -0.2) is 16.0 Å². The Morgan fingerprint density at radius 1 is 1.21 bits per heavy atom. The molecule has 4 nitrogen and oxygen atoms in total. The molecule has 0 aliphatic rings. The van der Waals surface area contributed by atoms with Crippen molar-refractivity contribution in [1.82, 2.24) is 10.3 Å². The van der Waals surface area contributed by atoms with Crippen LogP contribution in [0.3, 0.4) is 0 Å². The summed E-state index contributed by atoms with van der Waals surface area (Å²) < 4.78 is 1.03. The van der Waals surface area contributed by atoms with Crippen LogP contribution in [-0.2, 0) is 4.79 Å². The van der Waals surface area contributed by atoms with E-state index in [4.69, 9.17) is 12.2 Å². The number of hydrogen-bond donors (Lipinski definition) is 2. The number of hydrogen-bond acceptors (Lipinski definition) is 3. The highest BCUT2D eigenvalue weighted by Gasteiger charge is 2.03. The third kappa shape index (κ3) is 6.01. The summed E-state index contributed by atoms with van der Waals surface area (Å²) in [5.41, 5.74) is 2.24. The minimum absolute atomic E-state index is 0.216. The monoisotopic (exact) mass is 451 g/mol. The largest absolute Gasteiger partial charge is 0.317 e. The summed E-state index contributed by atoms with van der Waals surface area (Å²) in [5.74, 6) is 0.796. The number of nitrogens with one attached hydrogen (secondary N) is 2. The number of aromatic nitrogens is 1. The van der Waals surface area contributed by atoms with Gasteiger partial charge in [0.15, 0.2) is 5.11 Å². The highest BCUT2D eigenvalue weighted by atomic mass is 127. The molecule has 124 valence electrons. The van der Waals surface area contributed by atoms with Gasteiger partial charge in [-0.1, -0.05) is 38.1 Å². The first-order chi connectivity index (χ1) is 11.4. The summed E-state index contributed by atoms with van der Waals surface area (Å²) in [5, 5.41) is 5.68. The first kappa shape index (κ1) is 18.5. The molecule has 1 amide bonds. The molecule has 0 aliphatic carbocycles. The van der Waals surface area contributed by atoms with Gasteiger partial charge in [0.25, 0.3) is 0 Å². The predicted octanol–water partition coefficient (Wildman–Crippen LogP) is 4.34. The molecule has 0 spiro atoms. The first-order valence-corrected chi connectivity index (χ1v) is 8.94. The second-order valence-corrected chi connectivity index (χ2v) is 7.11. The average molecular weight is 451 g/mol. The number of pyridine rings is 1. The maximum atomic E-state index is 11.9. The van der Waals surface area contributed by atoms with Crippen molar-refractivity contribution in [1.29, 1.82) is 0 Å². The van der Waals surface area contributed by atoms with Crippen LogP contribution in [0.2, 0.25) is 0 Å². The van der Waals surface area contributed by atoms with E-state index in [0.29, 0.717) is 11.7 Å². The number of benzene rings is 1. The smallest absolute Gasteiger partial charge is 0.250 e. The fraction of sp³-hybridized carbons (Fsp3) is 0.167. The third-order valence-electron chi connectivity index (χ3n) is 3.24. The first-order valence-electron chi connectivity index (χ1n) is 7.45. The molecule has 2 aromatic rings. The predicted molar refractivity (Wildman–Crippen MR) is 111 cm³/mol. The molecule has 24 heavy (non-hydrogen) atoms. The maximum Gasteiger partial charge on any atom is 0.250 e. The molecule has 0 bridgehead atoms. The highest BCUT2D eigenvalue weighted by molar-refractivity contribution is 14.1. The summed E-state index contributed by atoms with van der Waals surface area (Å²) in [7, 11) is 0. The van der Waals surface area contributed by atoms with Gasteiger partial charge in [-0.25, -0.2) is 4.98 Å². The van der Waals surface area contributed by atoms with E-state index in [1.807, 2.05) is 18.2 Å². The lowest BCUT2D eigenvalue weighted by atomic mass is 10.0. The number of carbonyl (C=O) groups is 1. The topological polar surface area (TPSA) is 54.0 Å². The van der Waals surface area contributed by atoms with Gasteiger partial charge < -0.3 is 5.32 Å². The lowest BCUT2D eigenvalue weighted by Crippen LogP contribution is -2.33. The van der Waals surface area contributed by atoms with Crippen LogP contribution in [0.4, 0.5) is 5.82 Å². The fourth-order valence-corrected chi connectivity index (χ4v) is 2.44. The normalized spacial score (nSPS) is 10.8. The van der Waals surface area contributed by atoms with Gasteiger partial charge in [0.05, 0.1) is 0 Å². The molecule has 0 unspecified atom stereocenters. The van der Waals surface area contributed by atoms with E-state index in [1.165, 1.54) is 11.6 Å². The van der Waals surface area contributed by atoms with E-state index < -0.39 is 0 Å². The minimum Gasteiger partial charge on any atom is -0.317 e. The van der Waals surface area contributed by atoms with E-state index in [9.17, 15) is 4.79 Å². The second-order valence-electron chi connectivity index (χ2n) is 5.46. The second kappa shape index (κ2) is 8.89. The maximum absolute atomic E-state index is 11.9. The molecule has 6 heteroatoms.